The van der Waals surface area contributed by atoms with Crippen LogP contribution in [0.2, 0.25) is 0 Å². The maximum atomic E-state index is 4.39. The molecule has 96 valence electrons. The van der Waals surface area contributed by atoms with Gasteiger partial charge in [0.05, 0.1) is 11.7 Å². The Morgan fingerprint density at radius 3 is 2.28 bits per heavy atom. The van der Waals surface area contributed by atoms with Gasteiger partial charge in [0.15, 0.2) is 0 Å². The molecule has 0 radical (unpaired) electrons. The van der Waals surface area contributed by atoms with E-state index in [1.165, 1.54) is 5.56 Å². The summed E-state index contributed by atoms with van der Waals surface area (Å²) >= 11 is 0. The fraction of sp³-hybridized carbons (Fsp3) is 0.462. The van der Waals surface area contributed by atoms with Crippen LogP contribution >= 0.6 is 0 Å². The molecule has 5 nitrogen and oxygen atoms in total. The van der Waals surface area contributed by atoms with Crippen LogP contribution in [-0.4, -0.2) is 19.7 Å². The number of aromatic nitrogens is 4. The minimum absolute atomic E-state index is 0.139. The highest BCUT2D eigenvalue weighted by atomic mass is 15.3. The van der Waals surface area contributed by atoms with Gasteiger partial charge in [-0.05, 0) is 33.8 Å². The summed E-state index contributed by atoms with van der Waals surface area (Å²) in [5.74, 6) is 0.670. The van der Waals surface area contributed by atoms with Crippen LogP contribution in [0.4, 0.5) is 5.95 Å². The molecule has 2 aromatic heterocycles. The number of hydrogen-bond acceptors (Lipinski definition) is 4. The van der Waals surface area contributed by atoms with Gasteiger partial charge in [0.1, 0.15) is 0 Å². The topological polar surface area (TPSA) is 55.6 Å². The number of anilines is 1. The van der Waals surface area contributed by atoms with Crippen molar-refractivity contribution in [2.45, 2.75) is 33.7 Å². The molecule has 0 spiro atoms. The molecular weight excluding hydrogens is 226 g/mol. The van der Waals surface area contributed by atoms with Crippen LogP contribution in [0.5, 0.6) is 0 Å². The molecule has 1 atom stereocenters. The van der Waals surface area contributed by atoms with Gasteiger partial charge in [-0.25, -0.2) is 9.97 Å². The first-order chi connectivity index (χ1) is 8.45. The van der Waals surface area contributed by atoms with Gasteiger partial charge in [-0.1, -0.05) is 0 Å². The third-order valence-corrected chi connectivity index (χ3v) is 2.85. The van der Waals surface area contributed by atoms with Gasteiger partial charge >= 0.3 is 0 Å². The van der Waals surface area contributed by atoms with E-state index in [0.717, 1.165) is 17.1 Å². The van der Waals surface area contributed by atoms with E-state index in [2.05, 4.69) is 27.3 Å². The highest BCUT2D eigenvalue weighted by Gasteiger charge is 2.12. The van der Waals surface area contributed by atoms with E-state index >= 15 is 0 Å². The highest BCUT2D eigenvalue weighted by Crippen LogP contribution is 2.19. The molecule has 2 aromatic rings. The first-order valence-corrected chi connectivity index (χ1v) is 6.04. The number of aryl methyl sites for hydroxylation is 4. The minimum atomic E-state index is 0.139. The summed E-state index contributed by atoms with van der Waals surface area (Å²) in [7, 11) is 1.93. The van der Waals surface area contributed by atoms with Crippen molar-refractivity contribution >= 4 is 5.95 Å². The molecule has 2 heterocycles. The molecular formula is C13H19N5. The second-order valence-corrected chi connectivity index (χ2v) is 4.68. The largest absolute Gasteiger partial charge is 0.348 e. The molecule has 5 heteroatoms. The average molecular weight is 245 g/mol. The lowest BCUT2D eigenvalue weighted by atomic mass is 10.1. The predicted octanol–water partition coefficient (Wildman–Crippen LogP) is 2.31. The Hall–Kier alpha value is -1.91. The van der Waals surface area contributed by atoms with Crippen LogP contribution < -0.4 is 5.32 Å². The number of nitrogens with one attached hydrogen (secondary N) is 1. The van der Waals surface area contributed by atoms with Gasteiger partial charge in [-0.2, -0.15) is 5.10 Å². The molecule has 0 unspecified atom stereocenters. The SMILES string of the molecule is Cc1cc(C)nc(N[C@@H](C)c2cn(C)nc2C)n1. The van der Waals surface area contributed by atoms with Crippen molar-refractivity contribution in [1.82, 2.24) is 19.7 Å². The van der Waals surface area contributed by atoms with Crippen molar-refractivity contribution in [2.24, 2.45) is 7.05 Å². The van der Waals surface area contributed by atoms with Crippen LogP contribution in [0.3, 0.4) is 0 Å². The van der Waals surface area contributed by atoms with E-state index in [1.54, 1.807) is 0 Å². The summed E-state index contributed by atoms with van der Waals surface area (Å²) < 4.78 is 1.82. The predicted molar refractivity (Wildman–Crippen MR) is 71.5 cm³/mol. The Morgan fingerprint density at radius 2 is 1.78 bits per heavy atom. The lowest BCUT2D eigenvalue weighted by Crippen LogP contribution is -2.10. The molecule has 2 rings (SSSR count). The fourth-order valence-corrected chi connectivity index (χ4v) is 2.10. The van der Waals surface area contributed by atoms with Gasteiger partial charge < -0.3 is 5.32 Å². The van der Waals surface area contributed by atoms with Crippen molar-refractivity contribution in [3.63, 3.8) is 0 Å². The van der Waals surface area contributed by atoms with Crippen LogP contribution in [-0.2, 0) is 7.05 Å². The van der Waals surface area contributed by atoms with Crippen molar-refractivity contribution in [1.29, 1.82) is 0 Å². The lowest BCUT2D eigenvalue weighted by Gasteiger charge is -2.13. The fourth-order valence-electron chi connectivity index (χ4n) is 2.10. The Morgan fingerprint density at radius 1 is 1.17 bits per heavy atom. The summed E-state index contributed by atoms with van der Waals surface area (Å²) in [5, 5.41) is 7.66. The molecule has 0 aliphatic heterocycles. The Kier molecular flexibility index (Phi) is 3.32. The van der Waals surface area contributed by atoms with E-state index in [9.17, 15) is 0 Å². The Labute approximate surface area is 107 Å². The molecule has 1 N–H and O–H groups in total. The smallest absolute Gasteiger partial charge is 0.223 e. The van der Waals surface area contributed by atoms with Crippen LogP contribution in [0.15, 0.2) is 12.3 Å². The van der Waals surface area contributed by atoms with Crippen molar-refractivity contribution < 1.29 is 0 Å². The molecule has 18 heavy (non-hydrogen) atoms. The first kappa shape index (κ1) is 12.5. The summed E-state index contributed by atoms with van der Waals surface area (Å²) in [6, 6.07) is 2.10. The van der Waals surface area contributed by atoms with Gasteiger partial charge in [0.25, 0.3) is 0 Å². The molecule has 0 saturated heterocycles. The molecule has 0 aliphatic rings. The minimum Gasteiger partial charge on any atom is -0.348 e. The molecule has 0 aliphatic carbocycles. The number of rotatable bonds is 3. The molecule has 0 amide bonds. The zero-order chi connectivity index (χ0) is 13.3. The maximum Gasteiger partial charge on any atom is 0.223 e. The van der Waals surface area contributed by atoms with E-state index in [4.69, 9.17) is 0 Å². The molecule has 0 aromatic carbocycles. The monoisotopic (exact) mass is 245 g/mol. The van der Waals surface area contributed by atoms with Crippen molar-refractivity contribution in [2.75, 3.05) is 5.32 Å². The normalized spacial score (nSPS) is 12.5. The molecule has 0 saturated carbocycles. The zero-order valence-electron chi connectivity index (χ0n) is 11.5. The molecule has 0 fully saturated rings. The summed E-state index contributed by atoms with van der Waals surface area (Å²) in [5.41, 5.74) is 4.14. The van der Waals surface area contributed by atoms with Gasteiger partial charge in [-0.15, -0.1) is 0 Å². The van der Waals surface area contributed by atoms with E-state index < -0.39 is 0 Å². The Bertz CT molecular complexity index is 538. The third kappa shape index (κ3) is 2.67. The lowest BCUT2D eigenvalue weighted by molar-refractivity contribution is 0.756. The summed E-state index contributed by atoms with van der Waals surface area (Å²) in [6.07, 6.45) is 2.02. The number of nitrogens with zero attached hydrogens (tertiary/aromatic N) is 4. The Balaban J connectivity index is 2.20. The summed E-state index contributed by atoms with van der Waals surface area (Å²) in [6.45, 7) is 8.04. The second-order valence-electron chi connectivity index (χ2n) is 4.68. The van der Waals surface area contributed by atoms with Gasteiger partial charge in [-0.3, -0.25) is 4.68 Å². The maximum absolute atomic E-state index is 4.39. The van der Waals surface area contributed by atoms with E-state index in [0.29, 0.717) is 5.95 Å². The standard InChI is InChI=1S/C13H19N5/c1-8-6-9(2)15-13(14-8)16-10(3)12-7-18(5)17-11(12)4/h6-7,10H,1-5H3,(H,14,15,16)/t10-/m0/s1. The average Bonchev–Trinajstić information content (AvgIpc) is 2.56. The highest BCUT2D eigenvalue weighted by molar-refractivity contribution is 5.33. The summed E-state index contributed by atoms with van der Waals surface area (Å²) in [4.78, 5) is 8.77. The van der Waals surface area contributed by atoms with Gasteiger partial charge in [0, 0.05) is 30.2 Å². The second kappa shape index (κ2) is 4.76. The zero-order valence-corrected chi connectivity index (χ0v) is 11.5. The van der Waals surface area contributed by atoms with Crippen molar-refractivity contribution in [3.05, 3.63) is 34.9 Å². The first-order valence-electron chi connectivity index (χ1n) is 6.04. The molecule has 0 bridgehead atoms. The van der Waals surface area contributed by atoms with E-state index in [-0.39, 0.29) is 6.04 Å². The van der Waals surface area contributed by atoms with Crippen molar-refractivity contribution in [3.8, 4) is 0 Å². The van der Waals surface area contributed by atoms with Crippen LogP contribution in [0.25, 0.3) is 0 Å². The van der Waals surface area contributed by atoms with Crippen LogP contribution in [0, 0.1) is 20.8 Å². The third-order valence-electron chi connectivity index (χ3n) is 2.85. The van der Waals surface area contributed by atoms with Crippen LogP contribution in [0.1, 0.15) is 35.6 Å². The van der Waals surface area contributed by atoms with Gasteiger partial charge in [0.2, 0.25) is 5.95 Å². The van der Waals surface area contributed by atoms with E-state index in [1.807, 2.05) is 44.8 Å². The number of hydrogen-bond donors (Lipinski definition) is 1. The quantitative estimate of drug-likeness (QED) is 0.901.